The van der Waals surface area contributed by atoms with Gasteiger partial charge in [-0.25, -0.2) is 4.98 Å². The molecule has 1 aliphatic rings. The molecule has 1 aromatic heterocycles. The van der Waals surface area contributed by atoms with Crippen LogP contribution in [0.25, 0.3) is 0 Å². The quantitative estimate of drug-likeness (QED) is 0.932. The lowest BCUT2D eigenvalue weighted by atomic mass is 10.1. The number of pyridine rings is 1. The molecule has 0 aliphatic carbocycles. The molecule has 5 heteroatoms. The van der Waals surface area contributed by atoms with E-state index in [-0.39, 0.29) is 0 Å². The summed E-state index contributed by atoms with van der Waals surface area (Å²) in [4.78, 5) is 3.94. The Hall–Kier alpha value is -2.74. The molecule has 106 valence electrons. The fourth-order valence-corrected chi connectivity index (χ4v) is 2.20. The van der Waals surface area contributed by atoms with Gasteiger partial charge in [0, 0.05) is 18.4 Å². The average Bonchev–Trinajstić information content (AvgIpc) is 2.55. The van der Waals surface area contributed by atoms with Crippen molar-refractivity contribution in [2.75, 3.05) is 25.1 Å². The Bertz CT molecular complexity index is 679. The molecule has 0 fully saturated rings. The smallest absolute Gasteiger partial charge is 0.161 e. The third-order valence-electron chi connectivity index (χ3n) is 3.22. The van der Waals surface area contributed by atoms with Gasteiger partial charge in [0.25, 0.3) is 0 Å². The van der Waals surface area contributed by atoms with Crippen molar-refractivity contribution >= 4 is 5.69 Å². The Labute approximate surface area is 123 Å². The first-order chi connectivity index (χ1) is 10.3. The summed E-state index contributed by atoms with van der Waals surface area (Å²) in [6.45, 7) is 1.98. The number of anilines is 1. The highest BCUT2D eigenvalue weighted by Crippen LogP contribution is 2.30. The van der Waals surface area contributed by atoms with Crippen molar-refractivity contribution in [3.63, 3.8) is 0 Å². The van der Waals surface area contributed by atoms with Gasteiger partial charge in [-0.1, -0.05) is 6.07 Å². The third kappa shape index (κ3) is 3.23. The number of nitriles is 1. The van der Waals surface area contributed by atoms with Crippen LogP contribution in [0.2, 0.25) is 0 Å². The highest BCUT2D eigenvalue weighted by atomic mass is 16.6. The van der Waals surface area contributed by atoms with E-state index in [0.717, 1.165) is 30.2 Å². The molecule has 0 saturated heterocycles. The number of hydrogen-bond donors (Lipinski definition) is 1. The average molecular weight is 281 g/mol. The van der Waals surface area contributed by atoms with Crippen LogP contribution in [0, 0.1) is 11.3 Å². The summed E-state index contributed by atoms with van der Waals surface area (Å²) in [6.07, 6.45) is 2.49. The van der Waals surface area contributed by atoms with Gasteiger partial charge in [-0.2, -0.15) is 5.26 Å². The summed E-state index contributed by atoms with van der Waals surface area (Å²) in [5.41, 5.74) is 2.50. The summed E-state index contributed by atoms with van der Waals surface area (Å²) >= 11 is 0. The number of aromatic nitrogens is 1. The minimum absolute atomic E-state index is 0.416. The van der Waals surface area contributed by atoms with Crippen molar-refractivity contribution in [2.45, 2.75) is 6.42 Å². The van der Waals surface area contributed by atoms with Crippen LogP contribution in [0.15, 0.2) is 36.5 Å². The first-order valence-electron chi connectivity index (χ1n) is 6.84. The van der Waals surface area contributed by atoms with Crippen LogP contribution in [0.3, 0.4) is 0 Å². The zero-order valence-corrected chi connectivity index (χ0v) is 11.5. The maximum atomic E-state index is 8.81. The van der Waals surface area contributed by atoms with E-state index in [1.165, 1.54) is 5.56 Å². The number of ether oxygens (including phenoxy) is 2. The van der Waals surface area contributed by atoms with Crippen LogP contribution in [-0.4, -0.2) is 24.7 Å². The molecule has 0 radical (unpaired) electrons. The van der Waals surface area contributed by atoms with Gasteiger partial charge in [0.2, 0.25) is 0 Å². The van der Waals surface area contributed by atoms with Crippen LogP contribution in [-0.2, 0) is 6.42 Å². The molecule has 1 aromatic carbocycles. The van der Waals surface area contributed by atoms with Crippen LogP contribution in [0.4, 0.5) is 5.69 Å². The summed E-state index contributed by atoms with van der Waals surface area (Å²) in [6, 6.07) is 11.6. The highest BCUT2D eigenvalue weighted by molar-refractivity contribution is 5.47. The lowest BCUT2D eigenvalue weighted by Crippen LogP contribution is -2.15. The SMILES string of the molecule is N#Cc1cc(NCCc2ccc3c(c2)OCCO3)ccn1. The molecule has 3 rings (SSSR count). The normalized spacial score (nSPS) is 12.5. The van der Waals surface area contributed by atoms with Crippen molar-refractivity contribution in [1.82, 2.24) is 4.98 Å². The number of nitrogens with one attached hydrogen (secondary N) is 1. The lowest BCUT2D eigenvalue weighted by molar-refractivity contribution is 0.171. The van der Waals surface area contributed by atoms with Gasteiger partial charge in [-0.15, -0.1) is 0 Å². The Balaban J connectivity index is 1.59. The Morgan fingerprint density at radius 3 is 2.86 bits per heavy atom. The van der Waals surface area contributed by atoms with Crippen molar-refractivity contribution in [3.8, 4) is 17.6 Å². The number of rotatable bonds is 4. The molecule has 0 atom stereocenters. The summed E-state index contributed by atoms with van der Waals surface area (Å²) < 4.78 is 11.1. The zero-order chi connectivity index (χ0) is 14.5. The van der Waals surface area contributed by atoms with Crippen molar-refractivity contribution in [2.24, 2.45) is 0 Å². The highest BCUT2D eigenvalue weighted by Gasteiger charge is 2.11. The second-order valence-corrected chi connectivity index (χ2v) is 4.70. The molecule has 5 nitrogen and oxygen atoms in total. The molecule has 21 heavy (non-hydrogen) atoms. The number of fused-ring (bicyclic) bond motifs is 1. The first-order valence-corrected chi connectivity index (χ1v) is 6.84. The molecule has 1 N–H and O–H groups in total. The zero-order valence-electron chi connectivity index (χ0n) is 11.5. The van der Waals surface area contributed by atoms with E-state index < -0.39 is 0 Å². The minimum atomic E-state index is 0.416. The predicted octanol–water partition coefficient (Wildman–Crippen LogP) is 2.38. The molecule has 0 unspecified atom stereocenters. The summed E-state index contributed by atoms with van der Waals surface area (Å²) in [5.74, 6) is 1.63. The van der Waals surface area contributed by atoms with Gasteiger partial charge in [-0.05, 0) is 36.2 Å². The van der Waals surface area contributed by atoms with Crippen molar-refractivity contribution in [3.05, 3.63) is 47.8 Å². The van der Waals surface area contributed by atoms with Gasteiger partial charge in [0.1, 0.15) is 25.0 Å². The summed E-state index contributed by atoms with van der Waals surface area (Å²) in [7, 11) is 0. The van der Waals surface area contributed by atoms with Gasteiger partial charge < -0.3 is 14.8 Å². The molecule has 0 amide bonds. The van der Waals surface area contributed by atoms with E-state index in [0.29, 0.717) is 18.9 Å². The Kier molecular flexibility index (Phi) is 3.88. The van der Waals surface area contributed by atoms with Gasteiger partial charge in [0.05, 0.1) is 0 Å². The maximum Gasteiger partial charge on any atom is 0.161 e. The van der Waals surface area contributed by atoms with Crippen LogP contribution >= 0.6 is 0 Å². The minimum Gasteiger partial charge on any atom is -0.486 e. The summed E-state index contributed by atoms with van der Waals surface area (Å²) in [5, 5.41) is 12.1. The number of hydrogen-bond acceptors (Lipinski definition) is 5. The van der Waals surface area contributed by atoms with E-state index >= 15 is 0 Å². The largest absolute Gasteiger partial charge is 0.486 e. The molecule has 0 spiro atoms. The third-order valence-corrected chi connectivity index (χ3v) is 3.22. The van der Waals surface area contributed by atoms with Gasteiger partial charge >= 0.3 is 0 Å². The van der Waals surface area contributed by atoms with E-state index in [4.69, 9.17) is 14.7 Å². The fraction of sp³-hybridized carbons (Fsp3) is 0.250. The topological polar surface area (TPSA) is 67.2 Å². The molecule has 0 saturated carbocycles. The fourth-order valence-electron chi connectivity index (χ4n) is 2.20. The molecule has 0 bridgehead atoms. The van der Waals surface area contributed by atoms with Crippen molar-refractivity contribution in [1.29, 1.82) is 5.26 Å². The van der Waals surface area contributed by atoms with Crippen molar-refractivity contribution < 1.29 is 9.47 Å². The molecular formula is C16H15N3O2. The standard InChI is InChI=1S/C16H15N3O2/c17-11-14-10-13(4-6-19-14)18-5-3-12-1-2-15-16(9-12)21-8-7-20-15/h1-2,4,6,9-10H,3,5,7-8H2,(H,18,19). The van der Waals surface area contributed by atoms with E-state index in [1.54, 1.807) is 12.3 Å². The Morgan fingerprint density at radius 1 is 1.14 bits per heavy atom. The first kappa shape index (κ1) is 13.3. The predicted molar refractivity (Wildman–Crippen MR) is 78.6 cm³/mol. The number of benzene rings is 1. The monoisotopic (exact) mass is 281 g/mol. The van der Waals surface area contributed by atoms with E-state index in [9.17, 15) is 0 Å². The van der Waals surface area contributed by atoms with Gasteiger partial charge in [-0.3, -0.25) is 0 Å². The second kappa shape index (κ2) is 6.14. The molecular weight excluding hydrogens is 266 g/mol. The van der Waals surface area contributed by atoms with E-state index in [2.05, 4.69) is 10.3 Å². The number of nitrogens with zero attached hydrogens (tertiary/aromatic N) is 2. The molecule has 2 aromatic rings. The molecule has 1 aliphatic heterocycles. The van der Waals surface area contributed by atoms with Crippen LogP contribution < -0.4 is 14.8 Å². The molecule has 2 heterocycles. The van der Waals surface area contributed by atoms with Crippen LogP contribution in [0.1, 0.15) is 11.3 Å². The van der Waals surface area contributed by atoms with Crippen LogP contribution in [0.5, 0.6) is 11.5 Å². The lowest BCUT2D eigenvalue weighted by Gasteiger charge is -2.19. The maximum absolute atomic E-state index is 8.81. The van der Waals surface area contributed by atoms with E-state index in [1.807, 2.05) is 30.3 Å². The van der Waals surface area contributed by atoms with Gasteiger partial charge in [0.15, 0.2) is 11.5 Å². The Morgan fingerprint density at radius 2 is 2.00 bits per heavy atom. The second-order valence-electron chi connectivity index (χ2n) is 4.70.